The zero-order chi connectivity index (χ0) is 13.3. The van der Waals surface area contributed by atoms with Crippen LogP contribution in [-0.4, -0.2) is 40.4 Å². The minimum absolute atomic E-state index is 0. The Morgan fingerprint density at radius 1 is 1.32 bits per heavy atom. The highest BCUT2D eigenvalue weighted by atomic mass is 35.5. The fourth-order valence-corrected chi connectivity index (χ4v) is 4.36. The summed E-state index contributed by atoms with van der Waals surface area (Å²) in [4.78, 5) is 14.7. The number of fused-ring (bicyclic) bond motifs is 1. The standard InChI is InChI=1S/C14H26N2OS.ClH/c1-14(2,3)12(15)13(17)16-8-9-18-11-7-5-4-6-10(11)16;/h10-12H,4-9,15H2,1-3H3;1H/t10?,11?,12-;/m1./s1. The summed E-state index contributed by atoms with van der Waals surface area (Å²) in [6.45, 7) is 7.03. The lowest BCUT2D eigenvalue weighted by Crippen LogP contribution is -2.58. The molecule has 1 aliphatic heterocycles. The molecule has 0 spiro atoms. The Morgan fingerprint density at radius 2 is 1.95 bits per heavy atom. The molecule has 2 aliphatic rings. The van der Waals surface area contributed by atoms with Crippen LogP contribution in [0, 0.1) is 5.41 Å². The summed E-state index contributed by atoms with van der Waals surface area (Å²) in [5.41, 5.74) is 6.00. The smallest absolute Gasteiger partial charge is 0.240 e. The van der Waals surface area contributed by atoms with Crippen molar-refractivity contribution in [3.05, 3.63) is 0 Å². The summed E-state index contributed by atoms with van der Waals surface area (Å²) in [5, 5.41) is 0.656. The van der Waals surface area contributed by atoms with Gasteiger partial charge in [0.1, 0.15) is 0 Å². The highest BCUT2D eigenvalue weighted by molar-refractivity contribution is 8.00. The van der Waals surface area contributed by atoms with Gasteiger partial charge < -0.3 is 10.6 Å². The van der Waals surface area contributed by atoms with Gasteiger partial charge in [0, 0.05) is 23.6 Å². The molecule has 19 heavy (non-hydrogen) atoms. The summed E-state index contributed by atoms with van der Waals surface area (Å²) in [6, 6.07) is 0.0709. The van der Waals surface area contributed by atoms with E-state index in [2.05, 4.69) is 16.7 Å². The Bertz CT molecular complexity index is 317. The molecule has 2 fully saturated rings. The highest BCUT2D eigenvalue weighted by Crippen LogP contribution is 2.36. The molecule has 5 heteroatoms. The van der Waals surface area contributed by atoms with Crippen molar-refractivity contribution in [2.45, 2.75) is 63.8 Å². The Labute approximate surface area is 127 Å². The van der Waals surface area contributed by atoms with Crippen molar-refractivity contribution >= 4 is 30.1 Å². The van der Waals surface area contributed by atoms with Crippen LogP contribution >= 0.6 is 24.2 Å². The van der Waals surface area contributed by atoms with Crippen molar-refractivity contribution in [1.82, 2.24) is 4.90 Å². The zero-order valence-electron chi connectivity index (χ0n) is 12.2. The molecule has 3 nitrogen and oxygen atoms in total. The summed E-state index contributed by atoms with van der Waals surface area (Å²) in [7, 11) is 0. The van der Waals surface area contributed by atoms with Crippen molar-refractivity contribution in [2.75, 3.05) is 12.3 Å². The normalized spacial score (nSPS) is 29.2. The number of hydrogen-bond acceptors (Lipinski definition) is 3. The fourth-order valence-electron chi connectivity index (χ4n) is 2.92. The van der Waals surface area contributed by atoms with E-state index in [1.165, 1.54) is 25.7 Å². The number of thioether (sulfide) groups is 1. The maximum absolute atomic E-state index is 12.6. The first-order valence-corrected chi connectivity index (χ1v) is 8.14. The van der Waals surface area contributed by atoms with Gasteiger partial charge in [-0.1, -0.05) is 33.6 Å². The molecule has 1 aliphatic carbocycles. The Kier molecular flexibility index (Phi) is 6.02. The maximum Gasteiger partial charge on any atom is 0.240 e. The lowest BCUT2D eigenvalue weighted by Gasteiger charge is -2.45. The number of hydrogen-bond donors (Lipinski definition) is 1. The van der Waals surface area contributed by atoms with Crippen molar-refractivity contribution in [3.63, 3.8) is 0 Å². The van der Waals surface area contributed by atoms with Crippen LogP contribution in [0.25, 0.3) is 0 Å². The molecule has 112 valence electrons. The van der Waals surface area contributed by atoms with Crippen LogP contribution in [0.4, 0.5) is 0 Å². The molecule has 1 amide bonds. The lowest BCUT2D eigenvalue weighted by molar-refractivity contribution is -0.137. The minimum Gasteiger partial charge on any atom is -0.336 e. The van der Waals surface area contributed by atoms with E-state index >= 15 is 0 Å². The van der Waals surface area contributed by atoms with Crippen molar-refractivity contribution in [3.8, 4) is 0 Å². The Morgan fingerprint density at radius 3 is 2.58 bits per heavy atom. The fraction of sp³-hybridized carbons (Fsp3) is 0.929. The topological polar surface area (TPSA) is 46.3 Å². The summed E-state index contributed by atoms with van der Waals surface area (Å²) >= 11 is 2.05. The molecule has 0 radical (unpaired) electrons. The van der Waals surface area contributed by atoms with Gasteiger partial charge in [-0.3, -0.25) is 4.79 Å². The van der Waals surface area contributed by atoms with Gasteiger partial charge in [0.2, 0.25) is 5.91 Å². The van der Waals surface area contributed by atoms with E-state index < -0.39 is 0 Å². The van der Waals surface area contributed by atoms with Gasteiger partial charge in [-0.2, -0.15) is 11.8 Å². The van der Waals surface area contributed by atoms with Crippen LogP contribution in [0.1, 0.15) is 46.5 Å². The molecular formula is C14H27ClN2OS. The van der Waals surface area contributed by atoms with E-state index in [1.807, 2.05) is 20.8 Å². The molecule has 0 aromatic rings. The van der Waals surface area contributed by atoms with Crippen molar-refractivity contribution in [1.29, 1.82) is 0 Å². The average Bonchev–Trinajstić information content (AvgIpc) is 2.35. The number of halogens is 1. The van der Waals surface area contributed by atoms with Crippen LogP contribution in [0.3, 0.4) is 0 Å². The lowest BCUT2D eigenvalue weighted by atomic mass is 9.85. The first-order valence-electron chi connectivity index (χ1n) is 7.09. The number of nitrogens with two attached hydrogens (primary N) is 1. The second-order valence-corrected chi connectivity index (χ2v) is 7.98. The highest BCUT2D eigenvalue weighted by Gasteiger charge is 2.40. The van der Waals surface area contributed by atoms with Gasteiger partial charge in [0.05, 0.1) is 6.04 Å². The number of nitrogens with zero attached hydrogens (tertiary/aromatic N) is 1. The summed E-state index contributed by atoms with van der Waals surface area (Å²) in [6.07, 6.45) is 5.02. The van der Waals surface area contributed by atoms with E-state index in [0.29, 0.717) is 11.3 Å². The molecule has 3 atom stereocenters. The molecule has 1 saturated carbocycles. The Balaban J connectivity index is 0.00000180. The largest absolute Gasteiger partial charge is 0.336 e. The Hall–Kier alpha value is 0.0700. The second-order valence-electron chi connectivity index (χ2n) is 6.64. The van der Waals surface area contributed by atoms with Gasteiger partial charge in [0.15, 0.2) is 0 Å². The minimum atomic E-state index is -0.372. The van der Waals surface area contributed by atoms with Crippen LogP contribution in [-0.2, 0) is 4.79 Å². The quantitative estimate of drug-likeness (QED) is 0.810. The van der Waals surface area contributed by atoms with Crippen LogP contribution in [0.5, 0.6) is 0 Å². The second kappa shape index (κ2) is 6.68. The molecule has 1 heterocycles. The molecule has 2 N–H and O–H groups in total. The van der Waals surface area contributed by atoms with Gasteiger partial charge in [-0.05, 0) is 18.3 Å². The molecule has 2 unspecified atom stereocenters. The predicted molar refractivity (Wildman–Crippen MR) is 84.9 cm³/mol. The molecule has 2 rings (SSSR count). The number of carbonyl (C=O) groups excluding carboxylic acids is 1. The number of carbonyl (C=O) groups is 1. The van der Waals surface area contributed by atoms with E-state index in [1.54, 1.807) is 0 Å². The van der Waals surface area contributed by atoms with E-state index in [4.69, 9.17) is 5.73 Å². The van der Waals surface area contributed by atoms with Crippen LogP contribution < -0.4 is 5.73 Å². The van der Waals surface area contributed by atoms with E-state index in [0.717, 1.165) is 12.3 Å². The first kappa shape index (κ1) is 17.1. The summed E-state index contributed by atoms with van der Waals surface area (Å²) in [5.74, 6) is 1.24. The van der Waals surface area contributed by atoms with Gasteiger partial charge in [-0.15, -0.1) is 12.4 Å². The molecule has 0 bridgehead atoms. The molecule has 0 aromatic carbocycles. The molecule has 0 aromatic heterocycles. The first-order chi connectivity index (χ1) is 8.41. The third kappa shape index (κ3) is 3.79. The van der Waals surface area contributed by atoms with Crippen LogP contribution in [0.2, 0.25) is 0 Å². The van der Waals surface area contributed by atoms with Crippen LogP contribution in [0.15, 0.2) is 0 Å². The molecule has 1 saturated heterocycles. The SMILES string of the molecule is CC(C)(C)[C@H](N)C(=O)N1CCSC2CCCCC21.Cl. The van der Waals surface area contributed by atoms with Gasteiger partial charge in [-0.25, -0.2) is 0 Å². The number of rotatable bonds is 1. The zero-order valence-corrected chi connectivity index (χ0v) is 13.9. The van der Waals surface area contributed by atoms with Gasteiger partial charge in [0.25, 0.3) is 0 Å². The molecular weight excluding hydrogens is 280 g/mol. The third-order valence-electron chi connectivity index (χ3n) is 4.21. The monoisotopic (exact) mass is 306 g/mol. The van der Waals surface area contributed by atoms with E-state index in [9.17, 15) is 4.79 Å². The number of amides is 1. The van der Waals surface area contributed by atoms with Crippen molar-refractivity contribution < 1.29 is 4.79 Å². The predicted octanol–water partition coefficient (Wildman–Crippen LogP) is 2.67. The van der Waals surface area contributed by atoms with Gasteiger partial charge >= 0.3 is 0 Å². The van der Waals surface area contributed by atoms with E-state index in [-0.39, 0.29) is 29.8 Å². The van der Waals surface area contributed by atoms with Crippen molar-refractivity contribution in [2.24, 2.45) is 11.1 Å². The average molecular weight is 307 g/mol. The maximum atomic E-state index is 12.6. The summed E-state index contributed by atoms with van der Waals surface area (Å²) < 4.78 is 0. The third-order valence-corrected chi connectivity index (χ3v) is 5.61.